The lowest BCUT2D eigenvalue weighted by molar-refractivity contribution is -0.119. The van der Waals surface area contributed by atoms with Crippen molar-refractivity contribution in [3.8, 4) is 0 Å². The first-order valence-electron chi connectivity index (χ1n) is 6.07. The summed E-state index contributed by atoms with van der Waals surface area (Å²) in [7, 11) is 1.56. The molecule has 1 fully saturated rings. The van der Waals surface area contributed by atoms with Crippen molar-refractivity contribution >= 4 is 12.0 Å². The van der Waals surface area contributed by atoms with Gasteiger partial charge in [0.15, 0.2) is 0 Å². The number of hydrogen-bond acceptors (Lipinski definition) is 4. The van der Waals surface area contributed by atoms with Crippen LogP contribution in [0.2, 0.25) is 0 Å². The summed E-state index contributed by atoms with van der Waals surface area (Å²) in [5.41, 5.74) is -0.536. The maximum atomic E-state index is 11.7. The van der Waals surface area contributed by atoms with Gasteiger partial charge in [0.2, 0.25) is 5.91 Å². The van der Waals surface area contributed by atoms with Crippen molar-refractivity contribution in [2.75, 3.05) is 20.3 Å². The molecule has 1 unspecified atom stereocenters. The molecule has 0 radical (unpaired) electrons. The number of amides is 2. The summed E-state index contributed by atoms with van der Waals surface area (Å²) in [5.74, 6) is 0.0528. The zero-order chi connectivity index (χ0) is 13.8. The Hall–Kier alpha value is -1.30. The summed E-state index contributed by atoms with van der Waals surface area (Å²) in [4.78, 5) is 22.9. The van der Waals surface area contributed by atoms with Gasteiger partial charge in [-0.2, -0.15) is 0 Å². The Bertz CT molecular complexity index is 312. The Kier molecular flexibility index (Phi) is 4.95. The Labute approximate surface area is 107 Å². The highest BCUT2D eigenvalue weighted by Gasteiger charge is 2.31. The predicted molar refractivity (Wildman–Crippen MR) is 66.2 cm³/mol. The van der Waals surface area contributed by atoms with Crippen LogP contribution in [0.1, 0.15) is 27.2 Å². The topological polar surface area (TPSA) is 76.7 Å². The lowest BCUT2D eigenvalue weighted by atomic mass is 9.99. The van der Waals surface area contributed by atoms with Gasteiger partial charge in [0.1, 0.15) is 5.60 Å². The van der Waals surface area contributed by atoms with Crippen molar-refractivity contribution in [1.29, 1.82) is 0 Å². The molecule has 0 bridgehead atoms. The van der Waals surface area contributed by atoms with Crippen LogP contribution >= 0.6 is 0 Å². The van der Waals surface area contributed by atoms with Crippen LogP contribution in [-0.4, -0.2) is 43.9 Å². The first-order chi connectivity index (χ1) is 8.31. The van der Waals surface area contributed by atoms with Gasteiger partial charge in [0.05, 0.1) is 12.6 Å². The molecular formula is C12H22N2O4. The lowest BCUT2D eigenvalue weighted by Gasteiger charge is -2.25. The maximum Gasteiger partial charge on any atom is 0.407 e. The van der Waals surface area contributed by atoms with Crippen LogP contribution in [0, 0.1) is 5.92 Å². The number of carbonyl (C=O) groups is 2. The Balaban J connectivity index is 2.52. The molecule has 6 nitrogen and oxygen atoms in total. The molecule has 18 heavy (non-hydrogen) atoms. The summed E-state index contributed by atoms with van der Waals surface area (Å²) in [6.07, 6.45) is -0.0759. The molecule has 1 aliphatic rings. The predicted octanol–water partition coefficient (Wildman–Crippen LogP) is 0.662. The summed E-state index contributed by atoms with van der Waals surface area (Å²) in [6.45, 7) is 6.33. The van der Waals surface area contributed by atoms with Crippen molar-refractivity contribution < 1.29 is 19.1 Å². The minimum absolute atomic E-state index is 0.00657. The minimum Gasteiger partial charge on any atom is -0.444 e. The van der Waals surface area contributed by atoms with Crippen molar-refractivity contribution in [2.24, 2.45) is 5.92 Å². The fraction of sp³-hybridized carbons (Fsp3) is 0.833. The number of carbonyl (C=O) groups excluding carboxylic acids is 2. The van der Waals surface area contributed by atoms with Gasteiger partial charge in [-0.1, -0.05) is 0 Å². The molecule has 1 heterocycles. The van der Waals surface area contributed by atoms with Gasteiger partial charge in [-0.25, -0.2) is 4.79 Å². The quantitative estimate of drug-likeness (QED) is 0.776. The molecule has 1 aliphatic heterocycles. The number of hydrogen-bond donors (Lipinski definition) is 2. The van der Waals surface area contributed by atoms with E-state index >= 15 is 0 Å². The molecular weight excluding hydrogens is 236 g/mol. The number of alkyl carbamates (subject to hydrolysis) is 1. The SMILES string of the molecule is COC[C@@H](NC(=O)OC(C)(C)C)C1CNC(=O)C1. The van der Waals surface area contributed by atoms with Crippen molar-refractivity contribution in [2.45, 2.75) is 38.8 Å². The molecule has 0 aliphatic carbocycles. The second-order valence-corrected chi connectivity index (χ2v) is 5.48. The van der Waals surface area contributed by atoms with Crippen molar-refractivity contribution in [1.82, 2.24) is 10.6 Å². The van der Waals surface area contributed by atoms with E-state index in [0.717, 1.165) is 0 Å². The number of ether oxygens (including phenoxy) is 2. The van der Waals surface area contributed by atoms with E-state index in [1.165, 1.54) is 0 Å². The molecule has 104 valence electrons. The third kappa shape index (κ3) is 4.91. The van der Waals surface area contributed by atoms with E-state index < -0.39 is 11.7 Å². The largest absolute Gasteiger partial charge is 0.444 e. The van der Waals surface area contributed by atoms with Gasteiger partial charge < -0.3 is 20.1 Å². The molecule has 0 aromatic rings. The molecule has 0 aromatic carbocycles. The van der Waals surface area contributed by atoms with E-state index in [9.17, 15) is 9.59 Å². The third-order valence-electron chi connectivity index (χ3n) is 2.63. The van der Waals surface area contributed by atoms with Crippen LogP contribution < -0.4 is 10.6 Å². The van der Waals surface area contributed by atoms with Crippen LogP contribution in [0.25, 0.3) is 0 Å². The van der Waals surface area contributed by atoms with Crippen molar-refractivity contribution in [3.63, 3.8) is 0 Å². The van der Waals surface area contributed by atoms with Crippen LogP contribution in [-0.2, 0) is 14.3 Å². The highest BCUT2D eigenvalue weighted by Crippen LogP contribution is 2.15. The van der Waals surface area contributed by atoms with Crippen LogP contribution in [0.4, 0.5) is 4.79 Å². The van der Waals surface area contributed by atoms with E-state index in [1.54, 1.807) is 27.9 Å². The summed E-state index contributed by atoms with van der Waals surface area (Å²) in [6, 6.07) is -0.219. The molecule has 1 rings (SSSR count). The third-order valence-corrected chi connectivity index (χ3v) is 2.63. The number of methoxy groups -OCH3 is 1. The highest BCUT2D eigenvalue weighted by molar-refractivity contribution is 5.78. The zero-order valence-corrected chi connectivity index (χ0v) is 11.4. The van der Waals surface area contributed by atoms with Gasteiger partial charge in [0, 0.05) is 26.0 Å². The average molecular weight is 258 g/mol. The lowest BCUT2D eigenvalue weighted by Crippen LogP contribution is -2.46. The standard InChI is InChI=1S/C12H22N2O4/c1-12(2,3)18-11(16)14-9(7-17-4)8-5-10(15)13-6-8/h8-9H,5-7H2,1-4H3,(H,13,15)(H,14,16)/t8?,9-/m1/s1. The van der Waals surface area contributed by atoms with Crippen LogP contribution in [0.3, 0.4) is 0 Å². The minimum atomic E-state index is -0.536. The maximum absolute atomic E-state index is 11.7. The fourth-order valence-corrected chi connectivity index (χ4v) is 1.85. The zero-order valence-electron chi connectivity index (χ0n) is 11.4. The molecule has 0 aromatic heterocycles. The molecule has 2 amide bonds. The van der Waals surface area contributed by atoms with Gasteiger partial charge in [-0.05, 0) is 20.8 Å². The molecule has 1 saturated heterocycles. The first kappa shape index (κ1) is 14.8. The highest BCUT2D eigenvalue weighted by atomic mass is 16.6. The normalized spacial score (nSPS) is 21.3. The molecule has 6 heteroatoms. The Morgan fingerprint density at radius 2 is 2.22 bits per heavy atom. The first-order valence-corrected chi connectivity index (χ1v) is 6.07. The fourth-order valence-electron chi connectivity index (χ4n) is 1.85. The average Bonchev–Trinajstić information content (AvgIpc) is 2.61. The second kappa shape index (κ2) is 6.04. The Morgan fingerprint density at radius 3 is 2.67 bits per heavy atom. The summed E-state index contributed by atoms with van der Waals surface area (Å²) in [5, 5.41) is 5.50. The molecule has 2 N–H and O–H groups in total. The monoisotopic (exact) mass is 258 g/mol. The Morgan fingerprint density at radius 1 is 1.56 bits per heavy atom. The number of nitrogens with one attached hydrogen (secondary N) is 2. The van der Waals surface area contributed by atoms with E-state index in [0.29, 0.717) is 19.6 Å². The second-order valence-electron chi connectivity index (χ2n) is 5.48. The van der Waals surface area contributed by atoms with E-state index in [2.05, 4.69) is 10.6 Å². The van der Waals surface area contributed by atoms with Gasteiger partial charge in [-0.3, -0.25) is 4.79 Å². The van der Waals surface area contributed by atoms with Crippen LogP contribution in [0.5, 0.6) is 0 Å². The molecule has 0 saturated carbocycles. The van der Waals surface area contributed by atoms with Gasteiger partial charge in [-0.15, -0.1) is 0 Å². The molecule has 2 atom stereocenters. The van der Waals surface area contributed by atoms with Gasteiger partial charge in [0.25, 0.3) is 0 Å². The van der Waals surface area contributed by atoms with E-state index in [1.807, 2.05) is 0 Å². The molecule has 0 spiro atoms. The summed E-state index contributed by atoms with van der Waals surface area (Å²) >= 11 is 0. The number of rotatable bonds is 4. The van der Waals surface area contributed by atoms with Crippen molar-refractivity contribution in [3.05, 3.63) is 0 Å². The summed E-state index contributed by atoms with van der Waals surface area (Å²) < 4.78 is 10.3. The van der Waals surface area contributed by atoms with Gasteiger partial charge >= 0.3 is 6.09 Å². The van der Waals surface area contributed by atoms with E-state index in [4.69, 9.17) is 9.47 Å². The van der Waals surface area contributed by atoms with Crippen LogP contribution in [0.15, 0.2) is 0 Å². The smallest absolute Gasteiger partial charge is 0.407 e. The van der Waals surface area contributed by atoms with E-state index in [-0.39, 0.29) is 17.9 Å².